The van der Waals surface area contributed by atoms with E-state index in [-0.39, 0.29) is 18.3 Å². The van der Waals surface area contributed by atoms with Gasteiger partial charge in [-0.25, -0.2) is 0 Å². The molecule has 26 heavy (non-hydrogen) atoms. The summed E-state index contributed by atoms with van der Waals surface area (Å²) in [7, 11) is 0. The van der Waals surface area contributed by atoms with E-state index in [0.717, 1.165) is 6.42 Å². The van der Waals surface area contributed by atoms with Crippen LogP contribution in [0.4, 0.5) is 5.69 Å². The molecule has 2 aromatic carbocycles. The van der Waals surface area contributed by atoms with Gasteiger partial charge in [0.1, 0.15) is 11.5 Å². The first-order valence-corrected chi connectivity index (χ1v) is 8.95. The Morgan fingerprint density at radius 2 is 1.85 bits per heavy atom. The predicted molar refractivity (Wildman–Crippen MR) is 99.5 cm³/mol. The molecule has 1 atom stereocenters. The molecule has 5 heteroatoms. The zero-order valence-electron chi connectivity index (χ0n) is 15.1. The standard InChI is InChI=1S/C21H23NO4/c1-3-15-9-11-17(12-10-15)26-21(24)16-13-20(23)22(14-16)18-7-5-6-8-19(18)25-4-2/h5-12,16H,3-4,13-14H2,1-2H3/t16-/m0/s1. The molecule has 1 aliphatic heterocycles. The lowest BCUT2D eigenvalue weighted by Crippen LogP contribution is -2.27. The Hall–Kier alpha value is -2.82. The molecule has 0 N–H and O–H groups in total. The van der Waals surface area contributed by atoms with E-state index < -0.39 is 5.92 Å². The number of rotatable bonds is 6. The summed E-state index contributed by atoms with van der Waals surface area (Å²) in [5.41, 5.74) is 1.88. The SMILES string of the molecule is CCOc1ccccc1N1C[C@@H](C(=O)Oc2ccc(CC)cc2)CC1=O. The quantitative estimate of drug-likeness (QED) is 0.588. The lowest BCUT2D eigenvalue weighted by molar-refractivity contribution is -0.139. The molecule has 1 saturated heterocycles. The molecule has 5 nitrogen and oxygen atoms in total. The van der Waals surface area contributed by atoms with E-state index in [0.29, 0.717) is 30.3 Å². The van der Waals surface area contributed by atoms with Crippen molar-refractivity contribution in [1.29, 1.82) is 0 Å². The van der Waals surface area contributed by atoms with E-state index in [2.05, 4.69) is 6.92 Å². The molecule has 136 valence electrons. The molecular weight excluding hydrogens is 330 g/mol. The van der Waals surface area contributed by atoms with Crippen molar-refractivity contribution in [2.24, 2.45) is 5.92 Å². The minimum atomic E-state index is -0.483. The van der Waals surface area contributed by atoms with Gasteiger partial charge in [0.05, 0.1) is 18.2 Å². The summed E-state index contributed by atoms with van der Waals surface area (Å²) < 4.78 is 11.1. The third-order valence-corrected chi connectivity index (χ3v) is 4.46. The van der Waals surface area contributed by atoms with Crippen LogP contribution in [0.2, 0.25) is 0 Å². The number of carbonyl (C=O) groups excluding carboxylic acids is 2. The zero-order valence-corrected chi connectivity index (χ0v) is 15.1. The predicted octanol–water partition coefficient (Wildman–Crippen LogP) is 3.61. The minimum Gasteiger partial charge on any atom is -0.492 e. The molecule has 0 saturated carbocycles. The second-order valence-corrected chi connectivity index (χ2v) is 6.22. The summed E-state index contributed by atoms with van der Waals surface area (Å²) in [6.45, 7) is 4.78. The zero-order chi connectivity index (χ0) is 18.5. The van der Waals surface area contributed by atoms with Gasteiger partial charge in [-0.3, -0.25) is 9.59 Å². The van der Waals surface area contributed by atoms with Crippen molar-refractivity contribution in [3.63, 3.8) is 0 Å². The fourth-order valence-electron chi connectivity index (χ4n) is 3.05. The number of hydrogen-bond acceptors (Lipinski definition) is 4. The number of esters is 1. The van der Waals surface area contributed by atoms with Gasteiger partial charge in [-0.2, -0.15) is 0 Å². The molecular formula is C21H23NO4. The van der Waals surface area contributed by atoms with Gasteiger partial charge in [0.2, 0.25) is 5.91 Å². The van der Waals surface area contributed by atoms with Crippen LogP contribution in [0.15, 0.2) is 48.5 Å². The second kappa shape index (κ2) is 8.04. The number of para-hydroxylation sites is 2. The Kier molecular flexibility index (Phi) is 5.56. The van der Waals surface area contributed by atoms with Gasteiger partial charge < -0.3 is 14.4 Å². The highest BCUT2D eigenvalue weighted by Gasteiger charge is 2.37. The van der Waals surface area contributed by atoms with Gasteiger partial charge in [-0.1, -0.05) is 31.2 Å². The van der Waals surface area contributed by atoms with Crippen molar-refractivity contribution in [2.75, 3.05) is 18.1 Å². The molecule has 0 radical (unpaired) electrons. The smallest absolute Gasteiger partial charge is 0.316 e. The topological polar surface area (TPSA) is 55.8 Å². The highest BCUT2D eigenvalue weighted by Crippen LogP contribution is 2.33. The molecule has 0 aromatic heterocycles. The number of ether oxygens (including phenoxy) is 2. The van der Waals surface area contributed by atoms with Crippen molar-refractivity contribution < 1.29 is 19.1 Å². The molecule has 1 amide bonds. The lowest BCUT2D eigenvalue weighted by Gasteiger charge is -2.19. The van der Waals surface area contributed by atoms with Crippen LogP contribution in [0.25, 0.3) is 0 Å². The summed E-state index contributed by atoms with van der Waals surface area (Å²) in [6, 6.07) is 14.8. The van der Waals surface area contributed by atoms with Crippen molar-refractivity contribution >= 4 is 17.6 Å². The van der Waals surface area contributed by atoms with Crippen LogP contribution >= 0.6 is 0 Å². The van der Waals surface area contributed by atoms with Crippen LogP contribution in [-0.4, -0.2) is 25.0 Å². The van der Waals surface area contributed by atoms with E-state index >= 15 is 0 Å². The third kappa shape index (κ3) is 3.87. The maximum absolute atomic E-state index is 12.5. The Balaban J connectivity index is 1.70. The second-order valence-electron chi connectivity index (χ2n) is 6.22. The highest BCUT2D eigenvalue weighted by atomic mass is 16.5. The van der Waals surface area contributed by atoms with E-state index in [1.807, 2.05) is 43.3 Å². The Morgan fingerprint density at radius 1 is 1.12 bits per heavy atom. The van der Waals surface area contributed by atoms with Gasteiger partial charge in [-0.15, -0.1) is 0 Å². The summed E-state index contributed by atoms with van der Waals surface area (Å²) >= 11 is 0. The normalized spacial score (nSPS) is 16.6. The van der Waals surface area contributed by atoms with Crippen molar-refractivity contribution in [2.45, 2.75) is 26.7 Å². The number of hydrogen-bond donors (Lipinski definition) is 0. The molecule has 1 heterocycles. The van der Waals surface area contributed by atoms with Crippen LogP contribution in [0, 0.1) is 5.92 Å². The average Bonchev–Trinajstić information content (AvgIpc) is 3.05. The van der Waals surface area contributed by atoms with Gasteiger partial charge in [0.15, 0.2) is 0 Å². The van der Waals surface area contributed by atoms with Gasteiger partial charge >= 0.3 is 5.97 Å². The fourth-order valence-corrected chi connectivity index (χ4v) is 3.05. The largest absolute Gasteiger partial charge is 0.492 e. The number of aryl methyl sites for hydroxylation is 1. The number of carbonyl (C=O) groups is 2. The van der Waals surface area contributed by atoms with Crippen LogP contribution in [0.1, 0.15) is 25.8 Å². The number of benzene rings is 2. The van der Waals surface area contributed by atoms with E-state index in [1.54, 1.807) is 17.0 Å². The van der Waals surface area contributed by atoms with Crippen molar-refractivity contribution in [3.05, 3.63) is 54.1 Å². The van der Waals surface area contributed by atoms with Crippen molar-refractivity contribution in [1.82, 2.24) is 0 Å². The van der Waals surface area contributed by atoms with Crippen LogP contribution < -0.4 is 14.4 Å². The summed E-state index contributed by atoms with van der Waals surface area (Å²) in [5.74, 6) is 0.197. The Morgan fingerprint density at radius 3 is 2.54 bits per heavy atom. The number of anilines is 1. The number of nitrogens with zero attached hydrogens (tertiary/aromatic N) is 1. The highest BCUT2D eigenvalue weighted by molar-refractivity contribution is 6.00. The molecule has 0 unspecified atom stereocenters. The first-order valence-electron chi connectivity index (χ1n) is 8.95. The first kappa shape index (κ1) is 18.0. The van der Waals surface area contributed by atoms with Crippen LogP contribution in [0.5, 0.6) is 11.5 Å². The average molecular weight is 353 g/mol. The summed E-state index contributed by atoms with van der Waals surface area (Å²) in [4.78, 5) is 26.5. The van der Waals surface area contributed by atoms with Crippen LogP contribution in [-0.2, 0) is 16.0 Å². The molecule has 0 aliphatic carbocycles. The Labute approximate surface area is 153 Å². The van der Waals surface area contributed by atoms with Crippen LogP contribution in [0.3, 0.4) is 0 Å². The minimum absolute atomic E-state index is 0.0968. The molecule has 2 aromatic rings. The number of amides is 1. The van der Waals surface area contributed by atoms with Gasteiger partial charge in [0.25, 0.3) is 0 Å². The molecule has 3 rings (SSSR count). The molecule has 1 fully saturated rings. The van der Waals surface area contributed by atoms with Crippen molar-refractivity contribution in [3.8, 4) is 11.5 Å². The monoisotopic (exact) mass is 353 g/mol. The third-order valence-electron chi connectivity index (χ3n) is 4.46. The van der Waals surface area contributed by atoms with E-state index in [4.69, 9.17) is 9.47 Å². The van der Waals surface area contributed by atoms with Gasteiger partial charge in [-0.05, 0) is 43.2 Å². The van der Waals surface area contributed by atoms with E-state index in [1.165, 1.54) is 5.56 Å². The van der Waals surface area contributed by atoms with Gasteiger partial charge in [0, 0.05) is 13.0 Å². The maximum Gasteiger partial charge on any atom is 0.316 e. The fraction of sp³-hybridized carbons (Fsp3) is 0.333. The summed E-state index contributed by atoms with van der Waals surface area (Å²) in [5, 5.41) is 0. The lowest BCUT2D eigenvalue weighted by atomic mass is 10.1. The first-order chi connectivity index (χ1) is 12.6. The molecule has 1 aliphatic rings. The maximum atomic E-state index is 12.5. The summed E-state index contributed by atoms with van der Waals surface area (Å²) in [6.07, 6.45) is 1.08. The van der Waals surface area contributed by atoms with E-state index in [9.17, 15) is 9.59 Å². The molecule has 0 bridgehead atoms. The Bertz CT molecular complexity index is 785. The molecule has 0 spiro atoms.